The average Bonchev–Trinajstić information content (AvgIpc) is 2.51. The zero-order valence-electron chi connectivity index (χ0n) is 9.92. The van der Waals surface area contributed by atoms with Gasteiger partial charge < -0.3 is 5.32 Å². The number of nitrogens with one attached hydrogen (secondary N) is 1. The molecule has 2 aliphatic rings. The Balaban J connectivity index is 2.02. The van der Waals surface area contributed by atoms with Gasteiger partial charge >= 0.3 is 0 Å². The van der Waals surface area contributed by atoms with Crippen molar-refractivity contribution in [2.75, 3.05) is 0 Å². The van der Waals surface area contributed by atoms with E-state index in [0.29, 0.717) is 12.1 Å². The minimum absolute atomic E-state index is 0.0287. The van der Waals surface area contributed by atoms with Crippen LogP contribution in [-0.2, 0) is 0 Å². The Labute approximate surface area is 94.3 Å². The second-order valence-electron chi connectivity index (χ2n) is 5.47. The molecule has 1 aliphatic heterocycles. The summed E-state index contributed by atoms with van der Waals surface area (Å²) in [5, 5.41) is 3.52. The molecule has 3 atom stereocenters. The summed E-state index contributed by atoms with van der Waals surface area (Å²) in [4.78, 5) is 4.67. The van der Waals surface area contributed by atoms with Crippen LogP contribution in [0.25, 0.3) is 0 Å². The van der Waals surface area contributed by atoms with Crippen LogP contribution in [0.2, 0.25) is 5.31 Å². The van der Waals surface area contributed by atoms with E-state index in [0.717, 1.165) is 25.1 Å². The van der Waals surface area contributed by atoms with Crippen LogP contribution < -0.4 is 5.32 Å². The molecule has 1 N–H and O–H groups in total. The fourth-order valence-electron chi connectivity index (χ4n) is 2.77. The number of nitrogens with zero attached hydrogens (tertiary/aromatic N) is 1. The van der Waals surface area contributed by atoms with E-state index < -0.39 is 0 Å². The number of hydrogen-bond acceptors (Lipinski definition) is 2. The van der Waals surface area contributed by atoms with Gasteiger partial charge in [-0.3, -0.25) is 4.99 Å². The van der Waals surface area contributed by atoms with E-state index in [2.05, 4.69) is 24.2 Å². The number of amidine groups is 1. The van der Waals surface area contributed by atoms with Gasteiger partial charge in [0.25, 0.3) is 0 Å². The fraction of sp³-hybridized carbons (Fsp3) is 0.917. The molecule has 1 aliphatic carbocycles. The third-order valence-electron chi connectivity index (χ3n) is 3.74. The Hall–Kier alpha value is -0.465. The molecule has 2 radical (unpaired) electrons. The lowest BCUT2D eigenvalue weighted by molar-refractivity contribution is 0.443. The molecule has 3 heteroatoms. The van der Waals surface area contributed by atoms with E-state index in [1.807, 2.05) is 0 Å². The highest BCUT2D eigenvalue weighted by molar-refractivity contribution is 6.14. The number of aliphatic imine (C=N–C) groups is 1. The normalized spacial score (nSPS) is 41.9. The van der Waals surface area contributed by atoms with Crippen molar-refractivity contribution in [3.8, 4) is 0 Å². The molecule has 0 aromatic heterocycles. The predicted octanol–water partition coefficient (Wildman–Crippen LogP) is 2.45. The van der Waals surface area contributed by atoms with Crippen LogP contribution in [0.15, 0.2) is 4.99 Å². The van der Waals surface area contributed by atoms with Crippen LogP contribution in [0, 0.1) is 0 Å². The summed E-state index contributed by atoms with van der Waals surface area (Å²) >= 11 is 0. The van der Waals surface area contributed by atoms with E-state index in [-0.39, 0.29) is 5.31 Å². The number of fused-ring (bicyclic) bond motifs is 1. The summed E-state index contributed by atoms with van der Waals surface area (Å²) in [5.74, 6) is 1.12. The molecule has 0 amide bonds. The lowest BCUT2D eigenvalue weighted by atomic mass is 9.64. The molecule has 3 unspecified atom stereocenters. The lowest BCUT2D eigenvalue weighted by Gasteiger charge is -2.25. The highest BCUT2D eigenvalue weighted by atomic mass is 15.1. The van der Waals surface area contributed by atoms with E-state index in [4.69, 9.17) is 7.85 Å². The maximum atomic E-state index is 6.27. The average molecular weight is 204 g/mol. The molecular formula is C12H21BN2. The van der Waals surface area contributed by atoms with E-state index >= 15 is 0 Å². The number of hydrogen-bond donors (Lipinski definition) is 1. The number of rotatable bonds is 0. The van der Waals surface area contributed by atoms with Crippen molar-refractivity contribution in [1.29, 1.82) is 0 Å². The molecule has 1 heterocycles. The summed E-state index contributed by atoms with van der Waals surface area (Å²) < 4.78 is 0. The predicted molar refractivity (Wildman–Crippen MR) is 65.6 cm³/mol. The minimum Gasteiger partial charge on any atom is -0.369 e. The van der Waals surface area contributed by atoms with Crippen LogP contribution in [0.1, 0.15) is 52.4 Å². The Kier molecular flexibility index (Phi) is 3.08. The maximum absolute atomic E-state index is 6.27. The highest BCUT2D eigenvalue weighted by Gasteiger charge is 2.30. The van der Waals surface area contributed by atoms with Gasteiger partial charge in [-0.2, -0.15) is 0 Å². The molecule has 82 valence electrons. The van der Waals surface area contributed by atoms with Gasteiger partial charge in [0, 0.05) is 6.04 Å². The van der Waals surface area contributed by atoms with Gasteiger partial charge in [0.05, 0.1) is 19.7 Å². The van der Waals surface area contributed by atoms with Gasteiger partial charge in [-0.25, -0.2) is 0 Å². The second-order valence-corrected chi connectivity index (χ2v) is 5.47. The van der Waals surface area contributed by atoms with Crippen molar-refractivity contribution in [2.45, 2.75) is 69.8 Å². The highest BCUT2D eigenvalue weighted by Crippen LogP contribution is 2.37. The Bertz CT molecular complexity index is 260. The SMILES string of the molecule is [B]C1(C)CCCCC2NC(C)=NC2CC1. The quantitative estimate of drug-likeness (QED) is 0.602. The Morgan fingerprint density at radius 1 is 1.33 bits per heavy atom. The van der Waals surface area contributed by atoms with E-state index in [9.17, 15) is 0 Å². The first kappa shape index (κ1) is 11.0. The standard InChI is InChI=1S/C12H21BN2/c1-9-14-10-5-3-4-7-12(2,13)8-6-11(10)15-9/h10-11H,3-8H2,1-2H3,(H,14,15). The summed E-state index contributed by atoms with van der Waals surface area (Å²) in [7, 11) is 6.27. The van der Waals surface area contributed by atoms with Gasteiger partial charge in [-0.15, -0.1) is 0 Å². The van der Waals surface area contributed by atoms with Crippen molar-refractivity contribution in [3.63, 3.8) is 0 Å². The smallest absolute Gasteiger partial charge is 0.0938 e. The molecule has 0 bridgehead atoms. The van der Waals surface area contributed by atoms with Crippen LogP contribution in [0.4, 0.5) is 0 Å². The topological polar surface area (TPSA) is 24.4 Å². The van der Waals surface area contributed by atoms with Crippen molar-refractivity contribution in [1.82, 2.24) is 5.32 Å². The summed E-state index contributed by atoms with van der Waals surface area (Å²) in [5.41, 5.74) is 0. The fourth-order valence-corrected chi connectivity index (χ4v) is 2.77. The van der Waals surface area contributed by atoms with E-state index in [1.54, 1.807) is 0 Å². The summed E-state index contributed by atoms with van der Waals surface area (Å²) in [6.45, 7) is 4.26. The molecule has 2 rings (SSSR count). The van der Waals surface area contributed by atoms with E-state index in [1.165, 1.54) is 19.3 Å². The van der Waals surface area contributed by atoms with Crippen LogP contribution in [0.5, 0.6) is 0 Å². The van der Waals surface area contributed by atoms with Crippen LogP contribution >= 0.6 is 0 Å². The zero-order valence-corrected chi connectivity index (χ0v) is 9.92. The molecule has 0 aromatic carbocycles. The van der Waals surface area contributed by atoms with Crippen LogP contribution in [-0.4, -0.2) is 25.8 Å². The molecule has 0 saturated heterocycles. The third-order valence-corrected chi connectivity index (χ3v) is 3.74. The molecule has 2 nitrogen and oxygen atoms in total. The Morgan fingerprint density at radius 3 is 2.93 bits per heavy atom. The molecule has 15 heavy (non-hydrogen) atoms. The summed E-state index contributed by atoms with van der Waals surface area (Å²) in [6, 6.07) is 1.06. The molecular weight excluding hydrogens is 183 g/mol. The zero-order chi connectivity index (χ0) is 10.9. The van der Waals surface area contributed by atoms with Gasteiger partial charge in [-0.05, 0) is 19.8 Å². The first-order chi connectivity index (χ1) is 7.07. The molecule has 1 saturated carbocycles. The van der Waals surface area contributed by atoms with Crippen molar-refractivity contribution in [2.24, 2.45) is 4.99 Å². The molecule has 1 fully saturated rings. The molecule has 0 spiro atoms. The minimum atomic E-state index is 0.0287. The van der Waals surface area contributed by atoms with Crippen molar-refractivity contribution < 1.29 is 0 Å². The first-order valence-electron chi connectivity index (χ1n) is 6.17. The Morgan fingerprint density at radius 2 is 2.13 bits per heavy atom. The van der Waals surface area contributed by atoms with Gasteiger partial charge in [0.2, 0.25) is 0 Å². The summed E-state index contributed by atoms with van der Waals surface area (Å²) in [6.07, 6.45) is 7.20. The third kappa shape index (κ3) is 2.76. The first-order valence-corrected chi connectivity index (χ1v) is 6.17. The molecule has 0 aromatic rings. The van der Waals surface area contributed by atoms with Gasteiger partial charge in [-0.1, -0.05) is 37.9 Å². The van der Waals surface area contributed by atoms with Gasteiger partial charge in [0.1, 0.15) is 0 Å². The lowest BCUT2D eigenvalue weighted by Crippen LogP contribution is -2.33. The van der Waals surface area contributed by atoms with Crippen molar-refractivity contribution >= 4 is 13.7 Å². The second kappa shape index (κ2) is 4.19. The van der Waals surface area contributed by atoms with Gasteiger partial charge in [0.15, 0.2) is 0 Å². The maximum Gasteiger partial charge on any atom is 0.0938 e. The monoisotopic (exact) mass is 204 g/mol. The largest absolute Gasteiger partial charge is 0.369 e. The van der Waals surface area contributed by atoms with Crippen LogP contribution in [0.3, 0.4) is 0 Å². The van der Waals surface area contributed by atoms with Crippen molar-refractivity contribution in [3.05, 3.63) is 0 Å².